The number of carboxylic acids is 1. The normalized spacial score (nSPS) is 27.6. The quantitative estimate of drug-likeness (QED) is 0.843. The van der Waals surface area contributed by atoms with Crippen LogP contribution in [0.2, 0.25) is 0 Å². The summed E-state index contributed by atoms with van der Waals surface area (Å²) >= 11 is 0. The van der Waals surface area contributed by atoms with Crippen LogP contribution in [0.3, 0.4) is 0 Å². The zero-order valence-corrected chi connectivity index (χ0v) is 10.3. The van der Waals surface area contributed by atoms with Crippen LogP contribution < -0.4 is 5.32 Å². The van der Waals surface area contributed by atoms with E-state index in [1.54, 1.807) is 6.07 Å². The number of aromatic carboxylic acids is 1. The summed E-state index contributed by atoms with van der Waals surface area (Å²) in [5.74, 6) is -0.239. The molecule has 2 fully saturated rings. The number of hydrogen-bond acceptors (Lipinski definition) is 4. The third kappa shape index (κ3) is 2.15. The van der Waals surface area contributed by atoms with E-state index in [9.17, 15) is 4.79 Å². The van der Waals surface area contributed by atoms with Gasteiger partial charge in [-0.1, -0.05) is 0 Å². The van der Waals surface area contributed by atoms with Gasteiger partial charge in [0.25, 0.3) is 0 Å². The number of furan rings is 1. The van der Waals surface area contributed by atoms with Crippen LogP contribution in [0.15, 0.2) is 16.7 Å². The number of fused-ring (bicyclic) bond motifs is 1. The van der Waals surface area contributed by atoms with Crippen LogP contribution in [0.25, 0.3) is 0 Å². The van der Waals surface area contributed by atoms with Gasteiger partial charge in [-0.05, 0) is 31.9 Å². The first-order chi connectivity index (χ1) is 8.74. The van der Waals surface area contributed by atoms with Gasteiger partial charge in [-0.3, -0.25) is 4.90 Å². The molecule has 18 heavy (non-hydrogen) atoms. The van der Waals surface area contributed by atoms with Gasteiger partial charge in [0, 0.05) is 18.6 Å². The second-order valence-corrected chi connectivity index (χ2v) is 5.13. The van der Waals surface area contributed by atoms with Crippen molar-refractivity contribution in [3.63, 3.8) is 0 Å². The lowest BCUT2D eigenvalue weighted by Crippen LogP contribution is -2.38. The van der Waals surface area contributed by atoms with E-state index in [0.717, 1.165) is 0 Å². The maximum absolute atomic E-state index is 10.7. The van der Waals surface area contributed by atoms with Crippen molar-refractivity contribution in [3.8, 4) is 0 Å². The summed E-state index contributed by atoms with van der Waals surface area (Å²) in [4.78, 5) is 13.3. The SMILES string of the molecule is O=C(O)c1coc(CNC2CCN3CCCC23)c1. The summed E-state index contributed by atoms with van der Waals surface area (Å²) in [6.07, 6.45) is 5.05. The summed E-state index contributed by atoms with van der Waals surface area (Å²) in [5.41, 5.74) is 0.223. The van der Waals surface area contributed by atoms with Crippen LogP contribution in [0, 0.1) is 0 Å². The molecular formula is C13H18N2O3. The lowest BCUT2D eigenvalue weighted by Gasteiger charge is -2.20. The highest BCUT2D eigenvalue weighted by molar-refractivity contribution is 5.87. The van der Waals surface area contributed by atoms with Gasteiger partial charge in [0.15, 0.2) is 0 Å². The molecule has 0 radical (unpaired) electrons. The predicted molar refractivity (Wildman–Crippen MR) is 65.5 cm³/mol. The van der Waals surface area contributed by atoms with Gasteiger partial charge in [-0.25, -0.2) is 4.79 Å². The molecule has 98 valence electrons. The van der Waals surface area contributed by atoms with Crippen molar-refractivity contribution in [2.75, 3.05) is 13.1 Å². The molecule has 0 amide bonds. The van der Waals surface area contributed by atoms with Gasteiger partial charge in [0.2, 0.25) is 0 Å². The van der Waals surface area contributed by atoms with Crippen molar-refractivity contribution in [1.82, 2.24) is 10.2 Å². The first-order valence-electron chi connectivity index (χ1n) is 6.52. The highest BCUT2D eigenvalue weighted by atomic mass is 16.4. The Morgan fingerprint density at radius 2 is 2.39 bits per heavy atom. The van der Waals surface area contributed by atoms with Crippen molar-refractivity contribution < 1.29 is 14.3 Å². The molecule has 2 atom stereocenters. The first-order valence-corrected chi connectivity index (χ1v) is 6.52. The van der Waals surface area contributed by atoms with E-state index in [2.05, 4.69) is 10.2 Å². The van der Waals surface area contributed by atoms with Crippen molar-refractivity contribution in [3.05, 3.63) is 23.7 Å². The van der Waals surface area contributed by atoms with E-state index in [1.165, 1.54) is 38.6 Å². The molecule has 2 N–H and O–H groups in total. The van der Waals surface area contributed by atoms with Crippen LogP contribution in [0.4, 0.5) is 0 Å². The molecule has 5 nitrogen and oxygen atoms in total. The highest BCUT2D eigenvalue weighted by Crippen LogP contribution is 2.28. The first kappa shape index (κ1) is 11.7. The zero-order chi connectivity index (χ0) is 12.5. The molecule has 1 aromatic rings. The average Bonchev–Trinajstić information content (AvgIpc) is 3.03. The van der Waals surface area contributed by atoms with Gasteiger partial charge >= 0.3 is 5.97 Å². The largest absolute Gasteiger partial charge is 0.478 e. The van der Waals surface area contributed by atoms with E-state index in [-0.39, 0.29) is 5.56 Å². The van der Waals surface area contributed by atoms with Crippen molar-refractivity contribution in [2.45, 2.75) is 37.9 Å². The van der Waals surface area contributed by atoms with E-state index in [4.69, 9.17) is 9.52 Å². The molecule has 2 aliphatic heterocycles. The molecule has 5 heteroatoms. The molecule has 0 bridgehead atoms. The van der Waals surface area contributed by atoms with Crippen molar-refractivity contribution in [2.24, 2.45) is 0 Å². The van der Waals surface area contributed by atoms with E-state index in [1.807, 2.05) is 0 Å². The standard InChI is InChI=1S/C13H18N2O3/c16-13(17)9-6-10(18-8-9)7-14-11-3-5-15-4-1-2-12(11)15/h6,8,11-12,14H,1-5,7H2,(H,16,17). The molecule has 3 heterocycles. The minimum Gasteiger partial charge on any atom is -0.478 e. The van der Waals surface area contributed by atoms with E-state index < -0.39 is 5.97 Å². The molecule has 2 unspecified atom stereocenters. The maximum Gasteiger partial charge on any atom is 0.338 e. The number of hydrogen-bond donors (Lipinski definition) is 2. The molecule has 0 saturated carbocycles. The lowest BCUT2D eigenvalue weighted by molar-refractivity contribution is 0.0696. The monoisotopic (exact) mass is 250 g/mol. The average molecular weight is 250 g/mol. The molecule has 3 rings (SSSR count). The second-order valence-electron chi connectivity index (χ2n) is 5.13. The summed E-state index contributed by atoms with van der Waals surface area (Å²) in [6.45, 7) is 3.02. The van der Waals surface area contributed by atoms with Gasteiger partial charge in [-0.15, -0.1) is 0 Å². The fraction of sp³-hybridized carbons (Fsp3) is 0.615. The fourth-order valence-corrected chi connectivity index (χ4v) is 3.14. The third-order valence-corrected chi connectivity index (χ3v) is 4.05. The minimum atomic E-state index is -0.937. The van der Waals surface area contributed by atoms with Crippen LogP contribution in [-0.4, -0.2) is 41.1 Å². The summed E-state index contributed by atoms with van der Waals surface area (Å²) in [7, 11) is 0. The smallest absolute Gasteiger partial charge is 0.338 e. The van der Waals surface area contributed by atoms with Gasteiger partial charge < -0.3 is 14.8 Å². The Labute approximate surface area is 106 Å². The minimum absolute atomic E-state index is 0.223. The Morgan fingerprint density at radius 1 is 1.50 bits per heavy atom. The van der Waals surface area contributed by atoms with Crippen LogP contribution in [-0.2, 0) is 6.54 Å². The van der Waals surface area contributed by atoms with E-state index >= 15 is 0 Å². The number of nitrogens with zero attached hydrogens (tertiary/aromatic N) is 1. The van der Waals surface area contributed by atoms with E-state index in [0.29, 0.717) is 24.4 Å². The van der Waals surface area contributed by atoms with Crippen molar-refractivity contribution in [1.29, 1.82) is 0 Å². The molecular weight excluding hydrogens is 232 g/mol. The van der Waals surface area contributed by atoms with Gasteiger partial charge in [0.1, 0.15) is 12.0 Å². The number of carbonyl (C=O) groups is 1. The molecule has 1 aromatic heterocycles. The van der Waals surface area contributed by atoms with Crippen molar-refractivity contribution >= 4 is 5.97 Å². The summed E-state index contributed by atoms with van der Waals surface area (Å²) in [6, 6.07) is 2.78. The molecule has 0 aliphatic carbocycles. The van der Waals surface area contributed by atoms with Crippen LogP contribution in [0.5, 0.6) is 0 Å². The van der Waals surface area contributed by atoms with Crippen LogP contribution in [0.1, 0.15) is 35.4 Å². The Bertz CT molecular complexity index is 443. The third-order valence-electron chi connectivity index (χ3n) is 4.05. The Balaban J connectivity index is 1.56. The Morgan fingerprint density at radius 3 is 3.17 bits per heavy atom. The lowest BCUT2D eigenvalue weighted by atomic mass is 10.1. The molecule has 0 spiro atoms. The van der Waals surface area contributed by atoms with Gasteiger partial charge in [-0.2, -0.15) is 0 Å². The Hall–Kier alpha value is -1.33. The molecule has 0 aromatic carbocycles. The Kier molecular flexibility index (Phi) is 3.09. The molecule has 2 saturated heterocycles. The highest BCUT2D eigenvalue weighted by Gasteiger charge is 2.36. The number of rotatable bonds is 4. The summed E-state index contributed by atoms with van der Waals surface area (Å²) in [5, 5.41) is 12.3. The second kappa shape index (κ2) is 4.74. The molecule has 2 aliphatic rings. The number of carboxylic acid groups (broad SMARTS) is 1. The summed E-state index contributed by atoms with van der Waals surface area (Å²) < 4.78 is 5.24. The zero-order valence-electron chi connectivity index (χ0n) is 10.3. The topological polar surface area (TPSA) is 65.7 Å². The number of nitrogens with one attached hydrogen (secondary N) is 1. The fourth-order valence-electron chi connectivity index (χ4n) is 3.14. The predicted octanol–water partition coefficient (Wildman–Crippen LogP) is 1.30. The van der Waals surface area contributed by atoms with Gasteiger partial charge in [0.05, 0.1) is 12.1 Å². The van der Waals surface area contributed by atoms with Crippen LogP contribution >= 0.6 is 0 Å². The maximum atomic E-state index is 10.7.